The van der Waals surface area contributed by atoms with Crippen LogP contribution < -0.4 is 16.2 Å². The number of amides is 1. The molecule has 9 heteroatoms. The average Bonchev–Trinajstić information content (AvgIpc) is 2.37. The van der Waals surface area contributed by atoms with Crippen LogP contribution in [0.15, 0.2) is 12.1 Å². The average molecular weight is 285 g/mol. The summed E-state index contributed by atoms with van der Waals surface area (Å²) in [6.45, 7) is 0. The van der Waals surface area contributed by atoms with E-state index in [0.717, 1.165) is 6.07 Å². The normalized spacial score (nSPS) is 13.6. The summed E-state index contributed by atoms with van der Waals surface area (Å²) in [5.41, 5.74) is 9.61. The fourth-order valence-corrected chi connectivity index (χ4v) is 1.67. The van der Waals surface area contributed by atoms with Crippen molar-refractivity contribution >= 4 is 17.3 Å². The number of nitrogen functional groups attached to an aromatic ring is 1. The van der Waals surface area contributed by atoms with Crippen LogP contribution in [-0.2, 0) is 4.79 Å². The maximum atomic E-state index is 10.9. The largest absolute Gasteiger partial charge is 0.496 e. The molecular weight excluding hydrogens is 270 g/mol. The molecule has 0 radical (unpaired) electrons. The highest BCUT2D eigenvalue weighted by molar-refractivity contribution is 5.74. The van der Waals surface area contributed by atoms with Gasteiger partial charge in [0.2, 0.25) is 5.91 Å². The summed E-state index contributed by atoms with van der Waals surface area (Å²) in [6, 6.07) is 2.34. The molecular formula is C11H15N3O6. The van der Waals surface area contributed by atoms with Gasteiger partial charge in [0, 0.05) is 5.56 Å². The third-order valence-corrected chi connectivity index (χ3v) is 2.69. The summed E-state index contributed by atoms with van der Waals surface area (Å²) < 4.78 is 4.87. The highest BCUT2D eigenvalue weighted by Gasteiger charge is 2.27. The number of rotatable bonds is 6. The molecule has 1 amide bonds. The Balaban J connectivity index is 3.25. The van der Waals surface area contributed by atoms with Crippen LogP contribution in [0.2, 0.25) is 0 Å². The lowest BCUT2D eigenvalue weighted by Gasteiger charge is -2.19. The van der Waals surface area contributed by atoms with Crippen LogP contribution in [0.1, 0.15) is 18.1 Å². The zero-order valence-electron chi connectivity index (χ0n) is 10.6. The van der Waals surface area contributed by atoms with Gasteiger partial charge in [-0.2, -0.15) is 0 Å². The van der Waals surface area contributed by atoms with E-state index >= 15 is 0 Å². The highest BCUT2D eigenvalue weighted by Crippen LogP contribution is 2.35. The second-order valence-electron chi connectivity index (χ2n) is 4.09. The molecule has 110 valence electrons. The van der Waals surface area contributed by atoms with Crippen LogP contribution in [0.5, 0.6) is 5.75 Å². The number of carbonyl (C=O) groups is 1. The van der Waals surface area contributed by atoms with Gasteiger partial charge < -0.3 is 26.4 Å². The molecule has 0 fully saturated rings. The standard InChI is InChI=1S/C11H15N3O6/c1-20-5-2-6(10(13)7(3-5)14(18)19)11(17)8(15)4-9(12)16/h2-3,8,11,15,17H,4,13H2,1H3,(H2,12,16). The zero-order valence-corrected chi connectivity index (χ0v) is 10.6. The maximum Gasteiger partial charge on any atom is 0.296 e. The minimum atomic E-state index is -1.60. The number of nitrogens with zero attached hydrogens (tertiary/aromatic N) is 1. The van der Waals surface area contributed by atoms with Crippen LogP contribution in [0.25, 0.3) is 0 Å². The van der Waals surface area contributed by atoms with Gasteiger partial charge in [-0.05, 0) is 6.07 Å². The molecule has 0 aliphatic rings. The van der Waals surface area contributed by atoms with Gasteiger partial charge in [-0.1, -0.05) is 0 Å². The molecule has 0 saturated heterocycles. The lowest BCUT2D eigenvalue weighted by Crippen LogP contribution is -2.26. The van der Waals surface area contributed by atoms with Crippen molar-refractivity contribution in [2.24, 2.45) is 5.73 Å². The monoisotopic (exact) mass is 285 g/mol. The summed E-state index contributed by atoms with van der Waals surface area (Å²) in [4.78, 5) is 20.8. The Morgan fingerprint density at radius 1 is 1.50 bits per heavy atom. The van der Waals surface area contributed by atoms with Gasteiger partial charge in [-0.25, -0.2) is 0 Å². The number of hydrogen-bond acceptors (Lipinski definition) is 7. The molecule has 0 aromatic heterocycles. The Labute approximate surface area is 113 Å². The Morgan fingerprint density at radius 2 is 2.10 bits per heavy atom. The lowest BCUT2D eigenvalue weighted by molar-refractivity contribution is -0.384. The second kappa shape index (κ2) is 6.17. The molecule has 0 bridgehead atoms. The minimum Gasteiger partial charge on any atom is -0.496 e. The first-order valence-electron chi connectivity index (χ1n) is 5.54. The number of primary amides is 1. The Hall–Kier alpha value is -2.39. The molecule has 0 heterocycles. The summed E-state index contributed by atoms with van der Waals surface area (Å²) in [5.74, 6) is -0.737. The second-order valence-corrected chi connectivity index (χ2v) is 4.09. The fourth-order valence-electron chi connectivity index (χ4n) is 1.67. The number of aliphatic hydroxyl groups excluding tert-OH is 2. The van der Waals surface area contributed by atoms with Gasteiger partial charge >= 0.3 is 0 Å². The zero-order chi connectivity index (χ0) is 15.4. The quantitative estimate of drug-likeness (QED) is 0.309. The molecule has 0 aliphatic carbocycles. The highest BCUT2D eigenvalue weighted by atomic mass is 16.6. The van der Waals surface area contributed by atoms with E-state index in [-0.39, 0.29) is 17.0 Å². The van der Waals surface area contributed by atoms with Gasteiger partial charge in [-0.15, -0.1) is 0 Å². The summed E-state index contributed by atoms with van der Waals surface area (Å²) in [5, 5.41) is 30.4. The summed E-state index contributed by atoms with van der Waals surface area (Å²) >= 11 is 0. The van der Waals surface area contributed by atoms with Gasteiger partial charge in [0.1, 0.15) is 17.5 Å². The number of aliphatic hydroxyl groups is 2. The predicted octanol–water partition coefficient (Wildman–Crippen LogP) is -0.545. The molecule has 0 saturated carbocycles. The number of nitrogens with two attached hydrogens (primary N) is 2. The first-order valence-corrected chi connectivity index (χ1v) is 5.54. The summed E-state index contributed by atoms with van der Waals surface area (Å²) in [7, 11) is 1.28. The van der Waals surface area contributed by atoms with Gasteiger partial charge in [0.05, 0.1) is 30.6 Å². The van der Waals surface area contributed by atoms with Crippen molar-refractivity contribution in [3.63, 3.8) is 0 Å². The van der Waals surface area contributed by atoms with Crippen LogP contribution in [0.4, 0.5) is 11.4 Å². The Bertz CT molecular complexity index is 533. The smallest absolute Gasteiger partial charge is 0.296 e. The topological polar surface area (TPSA) is 162 Å². The first kappa shape index (κ1) is 15.7. The van der Waals surface area contributed by atoms with Crippen LogP contribution in [0.3, 0.4) is 0 Å². The molecule has 1 aromatic rings. The van der Waals surface area contributed by atoms with E-state index in [1.54, 1.807) is 0 Å². The third-order valence-electron chi connectivity index (χ3n) is 2.69. The molecule has 1 rings (SSSR count). The number of ether oxygens (including phenoxy) is 1. The van der Waals surface area contributed by atoms with Crippen molar-refractivity contribution in [1.29, 1.82) is 0 Å². The number of carbonyl (C=O) groups excluding carboxylic acids is 1. The molecule has 1 aromatic carbocycles. The molecule has 6 N–H and O–H groups in total. The number of anilines is 1. The van der Waals surface area contributed by atoms with Crippen LogP contribution >= 0.6 is 0 Å². The van der Waals surface area contributed by atoms with Crippen molar-refractivity contribution in [2.75, 3.05) is 12.8 Å². The van der Waals surface area contributed by atoms with E-state index in [0.29, 0.717) is 0 Å². The number of methoxy groups -OCH3 is 1. The number of benzene rings is 1. The van der Waals surface area contributed by atoms with Crippen molar-refractivity contribution in [3.8, 4) is 5.75 Å². The van der Waals surface area contributed by atoms with Crippen molar-refractivity contribution in [2.45, 2.75) is 18.6 Å². The molecule has 0 aliphatic heterocycles. The van der Waals surface area contributed by atoms with Gasteiger partial charge in [0.25, 0.3) is 5.69 Å². The van der Waals surface area contributed by atoms with E-state index in [4.69, 9.17) is 16.2 Å². The predicted molar refractivity (Wildman–Crippen MR) is 68.8 cm³/mol. The Morgan fingerprint density at radius 3 is 2.55 bits per heavy atom. The fraction of sp³-hybridized carbons (Fsp3) is 0.364. The van der Waals surface area contributed by atoms with Gasteiger partial charge in [-0.3, -0.25) is 14.9 Å². The van der Waals surface area contributed by atoms with Crippen LogP contribution in [0, 0.1) is 10.1 Å². The molecule has 9 nitrogen and oxygen atoms in total. The molecule has 2 atom stereocenters. The van der Waals surface area contributed by atoms with Crippen molar-refractivity contribution < 1.29 is 24.7 Å². The van der Waals surface area contributed by atoms with Crippen LogP contribution in [-0.4, -0.2) is 34.3 Å². The molecule has 2 unspecified atom stereocenters. The van der Waals surface area contributed by atoms with E-state index in [1.807, 2.05) is 0 Å². The molecule has 0 spiro atoms. The Kier molecular flexibility index (Phi) is 4.83. The lowest BCUT2D eigenvalue weighted by atomic mass is 9.99. The van der Waals surface area contributed by atoms with Crippen molar-refractivity contribution in [3.05, 3.63) is 27.8 Å². The summed E-state index contributed by atoms with van der Waals surface area (Å²) in [6.07, 6.45) is -3.64. The minimum absolute atomic E-state index is 0.0891. The van der Waals surface area contributed by atoms with E-state index in [2.05, 4.69) is 0 Å². The van der Waals surface area contributed by atoms with Gasteiger partial charge in [0.15, 0.2) is 0 Å². The third kappa shape index (κ3) is 3.33. The van der Waals surface area contributed by atoms with E-state index in [9.17, 15) is 25.1 Å². The van der Waals surface area contributed by atoms with E-state index in [1.165, 1.54) is 13.2 Å². The van der Waals surface area contributed by atoms with Crippen molar-refractivity contribution in [1.82, 2.24) is 0 Å². The first-order chi connectivity index (χ1) is 9.27. The number of nitro groups is 1. The molecule has 20 heavy (non-hydrogen) atoms. The maximum absolute atomic E-state index is 10.9. The number of hydrogen-bond donors (Lipinski definition) is 4. The van der Waals surface area contributed by atoms with E-state index < -0.39 is 35.1 Å². The number of nitro benzene ring substituents is 1. The SMILES string of the molecule is COc1cc(C(O)C(O)CC(N)=O)c(N)c([N+](=O)[O-])c1.